The second-order valence-electron chi connectivity index (χ2n) is 8.37. The summed E-state index contributed by atoms with van der Waals surface area (Å²) in [6.45, 7) is 3.77. The molecular formula is C22H25AlNO8. The van der Waals surface area contributed by atoms with Crippen LogP contribution in [0.2, 0.25) is 0 Å². The van der Waals surface area contributed by atoms with E-state index >= 15 is 0 Å². The molecule has 0 saturated carbocycles. The summed E-state index contributed by atoms with van der Waals surface area (Å²) in [5, 5.41) is 13.9. The number of piperidine rings is 1. The van der Waals surface area contributed by atoms with Crippen molar-refractivity contribution in [1.29, 1.82) is 0 Å². The monoisotopic (exact) mass is 458 g/mol. The lowest BCUT2D eigenvalue weighted by atomic mass is 9.53. The highest BCUT2D eigenvalue weighted by Gasteiger charge is 2.65. The normalized spacial score (nSPS) is 30.5. The molecule has 3 radical (unpaired) electrons. The number of nitrogens with zero attached hydrogens (tertiary/aromatic N) is 1. The summed E-state index contributed by atoms with van der Waals surface area (Å²) in [5.74, 6) is 0.712. The third-order valence-corrected chi connectivity index (χ3v) is 6.67. The first-order valence-corrected chi connectivity index (χ1v) is 10.1. The fourth-order valence-corrected chi connectivity index (χ4v) is 5.74. The molecule has 1 saturated heterocycles. The first kappa shape index (κ1) is 24.1. The number of carboxylic acid groups (broad SMARTS) is 2. The van der Waals surface area contributed by atoms with E-state index in [2.05, 4.69) is 24.1 Å². The smallest absolute Gasteiger partial charge is 0.481 e. The molecule has 1 fully saturated rings. The predicted octanol–water partition coefficient (Wildman–Crippen LogP) is 1.83. The summed E-state index contributed by atoms with van der Waals surface area (Å²) >= 11 is 0. The van der Waals surface area contributed by atoms with E-state index in [1.165, 1.54) is 19.4 Å². The third-order valence-electron chi connectivity index (χ3n) is 6.67. The molecule has 4 aliphatic rings. The second kappa shape index (κ2) is 8.77. The standard InChI is InChI=1S/C21H23NO5.CH2O3.Al/c1-11(23)25-16-6-4-13-10-15-14-5-7-17(26-12(2)24)20-21(14,8-9-22(15)3)18(13)19(16)27-20;2-1(3)4;/h4-7,14-15,17,20H,8-10H2,1-3H3;(H2,2,3,4);/t14-,15+,17-,20-,21-;;/m0../s1. The fourth-order valence-electron chi connectivity index (χ4n) is 5.74. The highest BCUT2D eigenvalue weighted by Crippen LogP contribution is 2.62. The Balaban J connectivity index is 0.000000536. The van der Waals surface area contributed by atoms with Gasteiger partial charge in [0.05, 0.1) is 0 Å². The topological polar surface area (TPSA) is 123 Å². The Bertz CT molecular complexity index is 975. The number of likely N-dealkylation sites (N-methyl/N-ethyl adjacent to an activating group) is 1. The molecule has 2 aliphatic heterocycles. The second-order valence-corrected chi connectivity index (χ2v) is 8.37. The molecular weight excluding hydrogens is 433 g/mol. The van der Waals surface area contributed by atoms with E-state index in [4.69, 9.17) is 29.2 Å². The SMILES string of the molecule is CC(=O)Oc1ccc2c3c1O[C@H]1[C@@H](OC(C)=O)C=C[C@H]4[C@@H](C2)N(C)CC[C@@]341.O=C(O)O.[Al]. The van der Waals surface area contributed by atoms with Gasteiger partial charge in [0.15, 0.2) is 17.6 Å². The van der Waals surface area contributed by atoms with Crippen LogP contribution in [0.5, 0.6) is 11.5 Å². The minimum Gasteiger partial charge on any atom is -0.481 e. The Morgan fingerprint density at radius 2 is 1.84 bits per heavy atom. The van der Waals surface area contributed by atoms with Crippen molar-refractivity contribution in [3.05, 3.63) is 35.4 Å². The van der Waals surface area contributed by atoms with E-state index in [0.29, 0.717) is 17.5 Å². The highest BCUT2D eigenvalue weighted by atomic mass is 27.0. The van der Waals surface area contributed by atoms with Gasteiger partial charge in [-0.05, 0) is 44.1 Å². The maximum Gasteiger partial charge on any atom is 0.503 e. The zero-order chi connectivity index (χ0) is 22.5. The number of carbonyl (C=O) groups is 3. The average Bonchev–Trinajstić information content (AvgIpc) is 3.01. The van der Waals surface area contributed by atoms with Crippen LogP contribution >= 0.6 is 0 Å². The number of ether oxygens (including phenoxy) is 3. The number of likely N-dealkylation sites (tertiary alicyclic amines) is 1. The molecule has 1 aromatic rings. The van der Waals surface area contributed by atoms with Crippen LogP contribution in [0.1, 0.15) is 31.4 Å². The lowest BCUT2D eigenvalue weighted by Gasteiger charge is -2.56. The maximum absolute atomic E-state index is 11.7. The molecule has 0 amide bonds. The van der Waals surface area contributed by atoms with Crippen molar-refractivity contribution in [3.63, 3.8) is 0 Å². The van der Waals surface area contributed by atoms with Gasteiger partial charge in [-0.15, -0.1) is 0 Å². The van der Waals surface area contributed by atoms with Crippen LogP contribution in [-0.4, -0.2) is 82.4 Å². The van der Waals surface area contributed by atoms with Crippen LogP contribution in [0.25, 0.3) is 0 Å². The Kier molecular flexibility index (Phi) is 6.61. The van der Waals surface area contributed by atoms with Gasteiger partial charge in [-0.25, -0.2) is 4.79 Å². The van der Waals surface area contributed by atoms with Crippen molar-refractivity contribution in [1.82, 2.24) is 4.90 Å². The van der Waals surface area contributed by atoms with Crippen LogP contribution in [0.3, 0.4) is 0 Å². The van der Waals surface area contributed by atoms with Crippen molar-refractivity contribution in [3.8, 4) is 11.5 Å². The molecule has 2 heterocycles. The summed E-state index contributed by atoms with van der Waals surface area (Å²) in [6.07, 6.45) is 3.48. The van der Waals surface area contributed by atoms with Gasteiger partial charge in [-0.3, -0.25) is 9.59 Å². The van der Waals surface area contributed by atoms with Gasteiger partial charge >= 0.3 is 18.1 Å². The van der Waals surface area contributed by atoms with Crippen molar-refractivity contribution in [2.75, 3.05) is 13.6 Å². The van der Waals surface area contributed by atoms with Crippen molar-refractivity contribution in [2.24, 2.45) is 5.92 Å². The molecule has 5 rings (SSSR count). The van der Waals surface area contributed by atoms with E-state index in [9.17, 15) is 9.59 Å². The molecule has 9 nitrogen and oxygen atoms in total. The number of hydrogen-bond acceptors (Lipinski definition) is 7. The molecule has 5 atom stereocenters. The van der Waals surface area contributed by atoms with E-state index < -0.39 is 12.3 Å². The number of esters is 2. The predicted molar refractivity (Wildman–Crippen MR) is 113 cm³/mol. The number of benzene rings is 1. The summed E-state index contributed by atoms with van der Waals surface area (Å²) in [4.78, 5) is 34.2. The summed E-state index contributed by atoms with van der Waals surface area (Å²) < 4.78 is 17.5. The van der Waals surface area contributed by atoms with E-state index in [1.54, 1.807) is 0 Å². The van der Waals surface area contributed by atoms with Gasteiger partial charge in [0, 0.05) is 54.1 Å². The van der Waals surface area contributed by atoms with Crippen LogP contribution in [0.15, 0.2) is 24.3 Å². The Hall–Kier alpha value is -2.54. The largest absolute Gasteiger partial charge is 0.503 e. The van der Waals surface area contributed by atoms with E-state index in [0.717, 1.165) is 24.9 Å². The molecule has 0 aromatic heterocycles. The van der Waals surface area contributed by atoms with Crippen molar-refractivity contribution >= 4 is 35.5 Å². The molecule has 2 N–H and O–H groups in total. The molecule has 2 aliphatic carbocycles. The van der Waals surface area contributed by atoms with Crippen LogP contribution in [0, 0.1) is 5.92 Å². The van der Waals surface area contributed by atoms with Crippen LogP contribution in [-0.2, 0) is 26.2 Å². The summed E-state index contributed by atoms with van der Waals surface area (Å²) in [6, 6.07) is 4.28. The maximum atomic E-state index is 11.7. The van der Waals surface area contributed by atoms with Crippen molar-refractivity contribution < 1.29 is 38.8 Å². The molecule has 0 unspecified atom stereocenters. The highest BCUT2D eigenvalue weighted by molar-refractivity contribution is 5.75. The quantitative estimate of drug-likeness (QED) is 0.296. The lowest BCUT2D eigenvalue weighted by molar-refractivity contribution is -0.152. The van der Waals surface area contributed by atoms with Gasteiger partial charge in [0.2, 0.25) is 0 Å². The Morgan fingerprint density at radius 3 is 2.47 bits per heavy atom. The van der Waals surface area contributed by atoms with Gasteiger partial charge in [0.25, 0.3) is 0 Å². The van der Waals surface area contributed by atoms with Gasteiger partial charge < -0.3 is 29.3 Å². The fraction of sp³-hybridized carbons (Fsp3) is 0.500. The third kappa shape index (κ3) is 3.77. The Labute approximate surface area is 196 Å². The summed E-state index contributed by atoms with van der Waals surface area (Å²) in [7, 11) is 2.17. The number of hydrogen-bond donors (Lipinski definition) is 2. The molecule has 1 aromatic carbocycles. The zero-order valence-corrected chi connectivity index (χ0v) is 19.3. The first-order valence-electron chi connectivity index (χ1n) is 10.1. The first-order chi connectivity index (χ1) is 14.6. The average molecular weight is 458 g/mol. The molecule has 10 heteroatoms. The molecule has 32 heavy (non-hydrogen) atoms. The number of rotatable bonds is 2. The number of carbonyl (C=O) groups excluding carboxylic acids is 2. The van der Waals surface area contributed by atoms with E-state index in [-0.39, 0.29) is 46.7 Å². The molecule has 1 spiro atoms. The molecule has 2 bridgehead atoms. The minimum absolute atomic E-state index is 0. The minimum atomic E-state index is -1.83. The van der Waals surface area contributed by atoms with Crippen LogP contribution in [0.4, 0.5) is 4.79 Å². The van der Waals surface area contributed by atoms with E-state index in [1.807, 2.05) is 12.1 Å². The van der Waals surface area contributed by atoms with Gasteiger partial charge in [0.1, 0.15) is 6.10 Å². The zero-order valence-electron chi connectivity index (χ0n) is 18.1. The molecule has 169 valence electrons. The summed E-state index contributed by atoms with van der Waals surface area (Å²) in [5.41, 5.74) is 2.15. The van der Waals surface area contributed by atoms with Gasteiger partial charge in [-0.2, -0.15) is 0 Å². The Morgan fingerprint density at radius 1 is 1.16 bits per heavy atom. The lowest BCUT2D eigenvalue weighted by Crippen LogP contribution is -2.65. The van der Waals surface area contributed by atoms with Gasteiger partial charge in [-0.1, -0.05) is 12.1 Å². The van der Waals surface area contributed by atoms with Crippen molar-refractivity contribution in [2.45, 2.75) is 50.4 Å². The van der Waals surface area contributed by atoms with Crippen LogP contribution < -0.4 is 9.47 Å².